The van der Waals surface area contributed by atoms with E-state index in [2.05, 4.69) is 37.6 Å². The lowest BCUT2D eigenvalue weighted by Gasteiger charge is -2.18. The fourth-order valence-electron chi connectivity index (χ4n) is 1.22. The van der Waals surface area contributed by atoms with Crippen LogP contribution in [0.5, 0.6) is 0 Å². The summed E-state index contributed by atoms with van der Waals surface area (Å²) in [5.41, 5.74) is 3.28. The van der Waals surface area contributed by atoms with Gasteiger partial charge in [-0.25, -0.2) is 0 Å². The van der Waals surface area contributed by atoms with Crippen molar-refractivity contribution < 1.29 is 0 Å². The number of hydrogen-bond acceptors (Lipinski definition) is 0. The van der Waals surface area contributed by atoms with Gasteiger partial charge in [0.2, 0.25) is 0 Å². The Hall–Kier alpha value is -0.783. The van der Waals surface area contributed by atoms with Crippen molar-refractivity contribution in [2.75, 3.05) is 0 Å². The molecule has 0 saturated heterocycles. The smallest absolute Gasteiger partial charge is 0.0942 e. The minimum Gasteiger partial charge on any atom is -0.122 e. The second kappa shape index (κ2) is 3.08. The Bertz CT molecular complexity index is 250. The molecule has 1 rings (SSSR count). The lowest BCUT2D eigenvalue weighted by molar-refractivity contribution is 1.52. The molecule has 0 spiro atoms. The molecule has 1 aliphatic rings. The molecule has 0 N–H and O–H groups in total. The normalized spacial score (nSPS) is 15.3. The highest BCUT2D eigenvalue weighted by molar-refractivity contribution is 6.85. The molecule has 0 aromatic rings. The van der Waals surface area contributed by atoms with E-state index < -0.39 is 8.07 Å². The average Bonchev–Trinajstić information content (AvgIpc) is 2.37. The quantitative estimate of drug-likeness (QED) is 0.340. The van der Waals surface area contributed by atoms with Gasteiger partial charge in [-0.1, -0.05) is 31.3 Å². The predicted molar refractivity (Wildman–Crippen MR) is 53.2 cm³/mol. The van der Waals surface area contributed by atoms with Crippen LogP contribution in [0.15, 0.2) is 41.8 Å². The van der Waals surface area contributed by atoms with Crippen LogP contribution in [0.3, 0.4) is 0 Å². The molecule has 0 aromatic heterocycles. The van der Waals surface area contributed by atoms with Gasteiger partial charge in [-0.15, -0.1) is 12.3 Å². The first-order valence-electron chi connectivity index (χ1n) is 3.91. The van der Waals surface area contributed by atoms with Gasteiger partial charge in [-0.2, -0.15) is 0 Å². The molecular weight excluding hydrogens is 148 g/mol. The van der Waals surface area contributed by atoms with E-state index in [1.54, 1.807) is 0 Å². The minimum absolute atomic E-state index is 1.15. The molecule has 0 aromatic carbocycles. The average molecular weight is 162 g/mol. The van der Waals surface area contributed by atoms with Crippen molar-refractivity contribution in [3.05, 3.63) is 41.8 Å². The van der Waals surface area contributed by atoms with Crippen molar-refractivity contribution in [3.63, 3.8) is 0 Å². The Morgan fingerprint density at radius 3 is 2.82 bits per heavy atom. The Balaban J connectivity index is 2.80. The summed E-state index contributed by atoms with van der Waals surface area (Å²) in [6, 6.07) is 1.15. The minimum atomic E-state index is -1.20. The summed E-state index contributed by atoms with van der Waals surface area (Å²) in [6.07, 6.45) is 8.25. The lowest BCUT2D eigenvalue weighted by Crippen LogP contribution is -2.26. The van der Waals surface area contributed by atoms with Crippen LogP contribution in [0.1, 0.15) is 0 Å². The first kappa shape index (κ1) is 8.31. The summed E-state index contributed by atoms with van der Waals surface area (Å²) < 4.78 is 0. The highest BCUT2D eigenvalue weighted by atomic mass is 28.3. The maximum Gasteiger partial charge on any atom is 0.0942 e. The molecular formula is C10H14Si. The SMILES string of the molecule is C=CC[Si](C)(C)C1=C=CC=C1. The number of hydrogen-bond donors (Lipinski definition) is 0. The summed E-state index contributed by atoms with van der Waals surface area (Å²) in [4.78, 5) is 0. The third-order valence-electron chi connectivity index (χ3n) is 1.98. The summed E-state index contributed by atoms with van der Waals surface area (Å²) in [5.74, 6) is 0. The highest BCUT2D eigenvalue weighted by Crippen LogP contribution is 2.22. The molecule has 0 saturated carbocycles. The van der Waals surface area contributed by atoms with Crippen molar-refractivity contribution in [3.8, 4) is 0 Å². The van der Waals surface area contributed by atoms with Crippen LogP contribution in [0.25, 0.3) is 0 Å². The molecule has 0 amide bonds. The Morgan fingerprint density at radius 1 is 1.64 bits per heavy atom. The zero-order valence-corrected chi connectivity index (χ0v) is 8.22. The maximum atomic E-state index is 3.78. The molecule has 0 bridgehead atoms. The molecule has 0 aliphatic heterocycles. The second-order valence-electron chi connectivity index (χ2n) is 3.46. The summed E-state index contributed by atoms with van der Waals surface area (Å²) in [5, 5.41) is 1.41. The molecule has 1 aliphatic carbocycles. The van der Waals surface area contributed by atoms with Gasteiger partial charge in [0.25, 0.3) is 0 Å². The largest absolute Gasteiger partial charge is 0.122 e. The molecule has 1 heteroatoms. The van der Waals surface area contributed by atoms with Crippen LogP contribution in [0, 0.1) is 0 Å². The van der Waals surface area contributed by atoms with Crippen LogP contribution >= 0.6 is 0 Å². The maximum absolute atomic E-state index is 3.78. The van der Waals surface area contributed by atoms with Crippen LogP contribution in [0.2, 0.25) is 19.1 Å². The van der Waals surface area contributed by atoms with Crippen molar-refractivity contribution in [2.45, 2.75) is 19.1 Å². The van der Waals surface area contributed by atoms with E-state index in [0.717, 1.165) is 6.04 Å². The fourth-order valence-corrected chi connectivity index (χ4v) is 3.19. The van der Waals surface area contributed by atoms with E-state index in [1.165, 1.54) is 5.20 Å². The zero-order chi connectivity index (χ0) is 8.32. The van der Waals surface area contributed by atoms with Gasteiger partial charge >= 0.3 is 0 Å². The molecule has 0 fully saturated rings. The van der Waals surface area contributed by atoms with Crippen LogP contribution in [0.4, 0.5) is 0 Å². The third kappa shape index (κ3) is 1.83. The van der Waals surface area contributed by atoms with Crippen molar-refractivity contribution in [2.24, 2.45) is 0 Å². The van der Waals surface area contributed by atoms with E-state index in [9.17, 15) is 0 Å². The standard InChI is InChI=1S/C10H14Si/c1-4-9-11(2,3)10-7-5-6-8-10/h4-7H,1,9H2,2-3H3. The molecule has 0 radical (unpaired) electrons. The van der Waals surface area contributed by atoms with E-state index in [-0.39, 0.29) is 0 Å². The van der Waals surface area contributed by atoms with Gasteiger partial charge < -0.3 is 0 Å². The zero-order valence-electron chi connectivity index (χ0n) is 7.22. The Labute approximate surface area is 69.6 Å². The monoisotopic (exact) mass is 162 g/mol. The first-order valence-corrected chi connectivity index (χ1v) is 7.12. The van der Waals surface area contributed by atoms with Crippen molar-refractivity contribution in [1.29, 1.82) is 0 Å². The molecule has 0 unspecified atom stereocenters. The van der Waals surface area contributed by atoms with Crippen LogP contribution < -0.4 is 0 Å². The molecule has 0 atom stereocenters. The van der Waals surface area contributed by atoms with Gasteiger partial charge in [-0.3, -0.25) is 0 Å². The predicted octanol–water partition coefficient (Wildman–Crippen LogP) is 3.07. The topological polar surface area (TPSA) is 0 Å². The van der Waals surface area contributed by atoms with Gasteiger partial charge in [-0.05, 0) is 17.3 Å². The molecule has 58 valence electrons. The highest BCUT2D eigenvalue weighted by Gasteiger charge is 2.22. The molecule has 0 heterocycles. The number of allylic oxidation sites excluding steroid dienone is 4. The fraction of sp³-hybridized carbons (Fsp3) is 0.300. The van der Waals surface area contributed by atoms with Gasteiger partial charge in [0.05, 0.1) is 8.07 Å². The number of rotatable bonds is 3. The van der Waals surface area contributed by atoms with Crippen LogP contribution in [-0.4, -0.2) is 8.07 Å². The molecule has 0 nitrogen and oxygen atoms in total. The van der Waals surface area contributed by atoms with Crippen molar-refractivity contribution in [1.82, 2.24) is 0 Å². The third-order valence-corrected chi connectivity index (χ3v) is 5.06. The molecule has 11 heavy (non-hydrogen) atoms. The summed E-state index contributed by atoms with van der Waals surface area (Å²) in [7, 11) is -1.20. The van der Waals surface area contributed by atoms with E-state index in [4.69, 9.17) is 0 Å². The van der Waals surface area contributed by atoms with Crippen LogP contribution in [-0.2, 0) is 0 Å². The van der Waals surface area contributed by atoms with E-state index in [1.807, 2.05) is 12.2 Å². The summed E-state index contributed by atoms with van der Waals surface area (Å²) >= 11 is 0. The second-order valence-corrected chi connectivity index (χ2v) is 8.18. The Morgan fingerprint density at radius 2 is 2.36 bits per heavy atom. The van der Waals surface area contributed by atoms with Crippen molar-refractivity contribution >= 4 is 8.07 Å². The van der Waals surface area contributed by atoms with E-state index in [0.29, 0.717) is 0 Å². The first-order chi connectivity index (χ1) is 5.17. The van der Waals surface area contributed by atoms with Gasteiger partial charge in [0.15, 0.2) is 0 Å². The van der Waals surface area contributed by atoms with Gasteiger partial charge in [0, 0.05) is 0 Å². The lowest BCUT2D eigenvalue weighted by atomic mass is 10.6. The van der Waals surface area contributed by atoms with Gasteiger partial charge in [0.1, 0.15) is 0 Å². The Kier molecular flexibility index (Phi) is 2.33. The summed E-state index contributed by atoms with van der Waals surface area (Å²) in [6.45, 7) is 8.47. The van der Waals surface area contributed by atoms with E-state index >= 15 is 0 Å².